The molecule has 1 aliphatic carbocycles. The first kappa shape index (κ1) is 11.8. The van der Waals surface area contributed by atoms with Crippen molar-refractivity contribution in [2.45, 2.75) is 31.5 Å². The van der Waals surface area contributed by atoms with Crippen molar-refractivity contribution in [3.63, 3.8) is 0 Å². The maximum Gasteiger partial charge on any atom is 0.471 e. The summed E-state index contributed by atoms with van der Waals surface area (Å²) >= 11 is 0. The molecule has 0 aromatic heterocycles. The van der Waals surface area contributed by atoms with E-state index in [1.165, 1.54) is 0 Å². The monoisotopic (exact) mass is 225 g/mol. The normalized spacial score (nSPS) is 16.2. The van der Waals surface area contributed by atoms with Gasteiger partial charge in [-0.05, 0) is 12.8 Å². The maximum absolute atomic E-state index is 12.1. The number of amides is 1. The lowest BCUT2D eigenvalue weighted by molar-refractivity contribution is -0.186. The van der Waals surface area contributed by atoms with E-state index < -0.39 is 30.5 Å². The molecule has 1 rings (SSSR count). The van der Waals surface area contributed by atoms with Crippen LogP contribution in [-0.4, -0.2) is 40.6 Å². The number of carboxylic acid groups (broad SMARTS) is 1. The molecule has 1 N–H and O–H groups in total. The number of alkyl halides is 3. The molecular formula is C8H10F3NO3. The molecule has 1 fully saturated rings. The molecule has 1 saturated carbocycles. The zero-order valence-corrected chi connectivity index (χ0v) is 7.75. The Balaban J connectivity index is 2.57. The summed E-state index contributed by atoms with van der Waals surface area (Å²) in [6.45, 7) is -0.377. The lowest BCUT2D eigenvalue weighted by atomic mass is 10.3. The summed E-state index contributed by atoms with van der Waals surface area (Å²) in [5, 5.41) is 8.33. The Kier molecular flexibility index (Phi) is 3.21. The van der Waals surface area contributed by atoms with Gasteiger partial charge in [-0.3, -0.25) is 9.59 Å². The number of carbonyl (C=O) groups is 2. The van der Waals surface area contributed by atoms with Crippen molar-refractivity contribution < 1.29 is 27.9 Å². The van der Waals surface area contributed by atoms with E-state index in [9.17, 15) is 22.8 Å². The molecule has 86 valence electrons. The number of hydrogen-bond acceptors (Lipinski definition) is 2. The minimum Gasteiger partial charge on any atom is -0.481 e. The van der Waals surface area contributed by atoms with Gasteiger partial charge in [-0.2, -0.15) is 13.2 Å². The van der Waals surface area contributed by atoms with Gasteiger partial charge in [-0.15, -0.1) is 0 Å². The quantitative estimate of drug-likeness (QED) is 0.776. The predicted octanol–water partition coefficient (Wildman–Crippen LogP) is 1.01. The Morgan fingerprint density at radius 1 is 1.33 bits per heavy atom. The van der Waals surface area contributed by atoms with Gasteiger partial charge in [0, 0.05) is 12.6 Å². The summed E-state index contributed by atoms with van der Waals surface area (Å²) in [7, 11) is 0. The molecule has 0 heterocycles. The van der Waals surface area contributed by atoms with Crippen LogP contribution < -0.4 is 0 Å². The van der Waals surface area contributed by atoms with Gasteiger partial charge in [0.2, 0.25) is 0 Å². The molecule has 4 nitrogen and oxygen atoms in total. The highest BCUT2D eigenvalue weighted by Crippen LogP contribution is 2.30. The van der Waals surface area contributed by atoms with E-state index in [0.717, 1.165) is 0 Å². The lowest BCUT2D eigenvalue weighted by Crippen LogP contribution is -2.43. The third-order valence-electron chi connectivity index (χ3n) is 2.06. The van der Waals surface area contributed by atoms with Crippen LogP contribution in [0.5, 0.6) is 0 Å². The van der Waals surface area contributed by atoms with Crippen molar-refractivity contribution in [2.24, 2.45) is 0 Å². The predicted molar refractivity (Wildman–Crippen MR) is 43.0 cm³/mol. The van der Waals surface area contributed by atoms with Gasteiger partial charge >= 0.3 is 18.1 Å². The average molecular weight is 225 g/mol. The molecule has 1 aliphatic rings. The van der Waals surface area contributed by atoms with Crippen LogP contribution in [-0.2, 0) is 9.59 Å². The number of halogens is 3. The van der Waals surface area contributed by atoms with Crippen molar-refractivity contribution in [1.29, 1.82) is 0 Å². The average Bonchev–Trinajstić information content (AvgIpc) is 2.85. The number of rotatable bonds is 4. The van der Waals surface area contributed by atoms with Gasteiger partial charge in [0.25, 0.3) is 0 Å². The first-order valence-corrected chi connectivity index (χ1v) is 4.42. The molecule has 15 heavy (non-hydrogen) atoms. The molecule has 0 atom stereocenters. The molecular weight excluding hydrogens is 215 g/mol. The van der Waals surface area contributed by atoms with Gasteiger partial charge in [0.15, 0.2) is 0 Å². The fourth-order valence-electron chi connectivity index (χ4n) is 1.22. The van der Waals surface area contributed by atoms with E-state index in [2.05, 4.69) is 0 Å². The Hall–Kier alpha value is -1.27. The van der Waals surface area contributed by atoms with Gasteiger partial charge in [0.1, 0.15) is 0 Å². The first-order chi connectivity index (χ1) is 6.82. The van der Waals surface area contributed by atoms with Crippen LogP contribution in [0.2, 0.25) is 0 Å². The van der Waals surface area contributed by atoms with E-state index in [1.54, 1.807) is 0 Å². The molecule has 0 aromatic carbocycles. The van der Waals surface area contributed by atoms with Crippen LogP contribution in [0.15, 0.2) is 0 Å². The molecule has 0 bridgehead atoms. The van der Waals surface area contributed by atoms with Crippen molar-refractivity contribution in [2.75, 3.05) is 6.54 Å². The minimum absolute atomic E-state index is 0.377. The van der Waals surface area contributed by atoms with Crippen LogP contribution in [0.4, 0.5) is 13.2 Å². The number of aliphatic carboxylic acids is 1. The zero-order valence-electron chi connectivity index (χ0n) is 7.75. The molecule has 1 amide bonds. The number of hydrogen-bond donors (Lipinski definition) is 1. The van der Waals surface area contributed by atoms with E-state index in [4.69, 9.17) is 5.11 Å². The summed E-state index contributed by atoms with van der Waals surface area (Å²) < 4.78 is 36.2. The van der Waals surface area contributed by atoms with Gasteiger partial charge in [-0.1, -0.05) is 0 Å². The maximum atomic E-state index is 12.1. The highest BCUT2D eigenvalue weighted by atomic mass is 19.4. The summed E-state index contributed by atoms with van der Waals surface area (Å²) in [6, 6.07) is -0.432. The van der Waals surface area contributed by atoms with Gasteiger partial charge < -0.3 is 10.0 Å². The second-order valence-corrected chi connectivity index (χ2v) is 3.37. The lowest BCUT2D eigenvalue weighted by Gasteiger charge is -2.22. The molecule has 0 aliphatic heterocycles. The van der Waals surface area contributed by atoms with Gasteiger partial charge in [-0.25, -0.2) is 0 Å². The fraction of sp³-hybridized carbons (Fsp3) is 0.750. The second kappa shape index (κ2) is 4.08. The highest BCUT2D eigenvalue weighted by Gasteiger charge is 2.46. The summed E-state index contributed by atoms with van der Waals surface area (Å²) in [6.07, 6.45) is -4.34. The molecule has 0 aromatic rings. The van der Waals surface area contributed by atoms with Crippen molar-refractivity contribution in [3.8, 4) is 0 Å². The van der Waals surface area contributed by atoms with E-state index in [1.807, 2.05) is 0 Å². The van der Waals surface area contributed by atoms with Crippen LogP contribution in [0.1, 0.15) is 19.3 Å². The number of carbonyl (C=O) groups excluding carboxylic acids is 1. The molecule has 0 unspecified atom stereocenters. The summed E-state index contributed by atoms with van der Waals surface area (Å²) in [5.41, 5.74) is 0. The second-order valence-electron chi connectivity index (χ2n) is 3.37. The van der Waals surface area contributed by atoms with Crippen molar-refractivity contribution in [1.82, 2.24) is 4.90 Å². The summed E-state index contributed by atoms with van der Waals surface area (Å²) in [5.74, 6) is -3.15. The third kappa shape index (κ3) is 3.41. The van der Waals surface area contributed by atoms with Crippen molar-refractivity contribution >= 4 is 11.9 Å². The van der Waals surface area contributed by atoms with Crippen LogP contribution >= 0.6 is 0 Å². The van der Waals surface area contributed by atoms with Crippen LogP contribution in [0, 0.1) is 0 Å². The Morgan fingerprint density at radius 2 is 1.87 bits per heavy atom. The number of nitrogens with zero attached hydrogens (tertiary/aromatic N) is 1. The highest BCUT2D eigenvalue weighted by molar-refractivity contribution is 5.82. The number of carboxylic acids is 1. The Bertz CT molecular complexity index is 273. The minimum atomic E-state index is -4.92. The molecule has 0 saturated heterocycles. The third-order valence-corrected chi connectivity index (χ3v) is 2.06. The molecule has 0 spiro atoms. The fourth-order valence-corrected chi connectivity index (χ4v) is 1.22. The smallest absolute Gasteiger partial charge is 0.471 e. The Labute approximate surface area is 83.7 Å². The largest absolute Gasteiger partial charge is 0.481 e. The Morgan fingerprint density at radius 3 is 2.20 bits per heavy atom. The topological polar surface area (TPSA) is 57.6 Å². The first-order valence-electron chi connectivity index (χ1n) is 4.42. The van der Waals surface area contributed by atoms with E-state index >= 15 is 0 Å². The van der Waals surface area contributed by atoms with E-state index in [-0.39, 0.29) is 6.54 Å². The van der Waals surface area contributed by atoms with Gasteiger partial charge in [0.05, 0.1) is 6.42 Å². The molecule has 7 heteroatoms. The SMILES string of the molecule is O=C(O)CCN(C(=O)C(F)(F)F)C1CC1. The summed E-state index contributed by atoms with van der Waals surface area (Å²) in [4.78, 5) is 21.7. The van der Waals surface area contributed by atoms with Crippen LogP contribution in [0.3, 0.4) is 0 Å². The van der Waals surface area contributed by atoms with E-state index in [0.29, 0.717) is 17.7 Å². The zero-order chi connectivity index (χ0) is 11.6. The van der Waals surface area contributed by atoms with Crippen LogP contribution in [0.25, 0.3) is 0 Å². The van der Waals surface area contributed by atoms with Crippen molar-refractivity contribution in [3.05, 3.63) is 0 Å². The standard InChI is InChI=1S/C8H10F3NO3/c9-8(10,11)7(15)12(5-1-2-5)4-3-6(13)14/h5H,1-4H2,(H,13,14). The molecule has 0 radical (unpaired) electrons.